The number of halogens is 1. The normalized spacial score (nSPS) is 18.3. The molecule has 4 rings (SSSR count). The number of aromatic nitrogens is 1. The van der Waals surface area contributed by atoms with Gasteiger partial charge in [0.15, 0.2) is 5.71 Å². The molecular weight excluding hydrogens is 630 g/mol. The van der Waals surface area contributed by atoms with Crippen molar-refractivity contribution in [3.05, 3.63) is 82.1 Å². The van der Waals surface area contributed by atoms with Gasteiger partial charge in [-0.3, -0.25) is 9.35 Å². The molecule has 0 radical (unpaired) electrons. The van der Waals surface area contributed by atoms with Crippen LogP contribution in [-0.2, 0) is 33.5 Å². The van der Waals surface area contributed by atoms with Crippen molar-refractivity contribution in [2.75, 3.05) is 11.4 Å². The molecule has 3 heterocycles. The van der Waals surface area contributed by atoms with E-state index < -0.39 is 17.3 Å². The van der Waals surface area contributed by atoms with Crippen LogP contribution in [0.25, 0.3) is 0 Å². The zero-order valence-corrected chi connectivity index (χ0v) is 27.9. The van der Waals surface area contributed by atoms with Crippen LogP contribution < -0.4 is 13.7 Å². The number of anilines is 1. The van der Waals surface area contributed by atoms with Crippen LogP contribution in [0.1, 0.15) is 77.8 Å². The monoisotopic (exact) mass is 670 g/mol. The maximum atomic E-state index is 11.3. The van der Waals surface area contributed by atoms with E-state index in [4.69, 9.17) is 14.3 Å². The van der Waals surface area contributed by atoms with Crippen molar-refractivity contribution in [2.24, 2.45) is 4.99 Å². The van der Waals surface area contributed by atoms with Crippen LogP contribution in [0.15, 0.2) is 76.0 Å². The maximum absolute atomic E-state index is 11.3. The Bertz CT molecular complexity index is 1530. The van der Waals surface area contributed by atoms with Gasteiger partial charge in [-0.15, -0.1) is 0 Å². The molecule has 0 saturated carbocycles. The highest BCUT2D eigenvalue weighted by molar-refractivity contribution is 9.10. The van der Waals surface area contributed by atoms with E-state index >= 15 is 0 Å². The van der Waals surface area contributed by atoms with E-state index in [-0.39, 0.29) is 17.3 Å². The number of carboxylic acid groups (broad SMARTS) is 1. The minimum Gasteiger partial charge on any atom is -0.481 e. The molecule has 0 fully saturated rings. The number of allylic oxidation sites excluding steroid dienone is 6. The highest BCUT2D eigenvalue weighted by Crippen LogP contribution is 2.49. The highest BCUT2D eigenvalue weighted by Gasteiger charge is 2.42. The summed E-state index contributed by atoms with van der Waals surface area (Å²) in [5, 5.41) is 8.99. The molecule has 2 aliphatic rings. The number of benzene rings is 1. The van der Waals surface area contributed by atoms with Gasteiger partial charge in [-0.2, -0.15) is 4.21 Å². The molecule has 2 N–H and O–H groups in total. The summed E-state index contributed by atoms with van der Waals surface area (Å²) in [6.07, 6.45) is 15.8. The number of carbonyl (C=O) groups is 1. The van der Waals surface area contributed by atoms with E-state index in [1.54, 1.807) is 6.07 Å². The predicted molar refractivity (Wildman–Crippen MR) is 175 cm³/mol. The summed E-state index contributed by atoms with van der Waals surface area (Å²) < 4.78 is 28.8. The fourth-order valence-electron chi connectivity index (χ4n) is 5.85. The minimum atomic E-state index is -2.41. The molecule has 0 spiro atoms. The fourth-order valence-corrected chi connectivity index (χ4v) is 6.59. The zero-order valence-electron chi connectivity index (χ0n) is 25.5. The lowest BCUT2D eigenvalue weighted by molar-refractivity contribution is -0.684. The molecule has 0 amide bonds. The second-order valence-electron chi connectivity index (χ2n) is 12.0. The predicted octanol–water partition coefficient (Wildman–Crippen LogP) is 7.46. The molecule has 230 valence electrons. The number of aliphatic imine (C=N–C) groups is 1. The number of hydrogen-bond acceptors (Lipinski definition) is 5. The zero-order chi connectivity index (χ0) is 31.4. The molecule has 1 aromatic heterocycles. The van der Waals surface area contributed by atoms with Crippen molar-refractivity contribution >= 4 is 50.5 Å². The number of hydrogen-bond donors (Lipinski definition) is 2. The lowest BCUT2D eigenvalue weighted by Gasteiger charge is -2.27. The molecule has 2 aliphatic heterocycles. The molecule has 0 bridgehead atoms. The first-order chi connectivity index (χ1) is 20.4. The molecular formula is C33H41BrN3O5S+. The standard InChI is InChI=1S/C33H40BrN3O5S/c1-6-18-36-22-23(34)20-26-31(36)35-28(32(26,2)3)13-9-7-10-14-29-33(4,5)25-21-24(42-43(40)41)16-17-27(25)37(29)19-12-8-11-15-30(38)39/h7,9-10,13-14,16-17,20-22H,6,8,11-12,15,18-19H2,1-5H3,(H-,38,39,40,41)/p+1. The first-order valence-electron chi connectivity index (χ1n) is 14.7. The van der Waals surface area contributed by atoms with E-state index in [9.17, 15) is 13.6 Å². The van der Waals surface area contributed by atoms with Crippen LogP contribution in [-0.4, -0.2) is 32.1 Å². The summed E-state index contributed by atoms with van der Waals surface area (Å²) in [4.78, 5) is 18.2. The van der Waals surface area contributed by atoms with Crippen LogP contribution >= 0.6 is 15.9 Å². The first-order valence-corrected chi connectivity index (χ1v) is 16.5. The van der Waals surface area contributed by atoms with Crippen molar-refractivity contribution in [1.82, 2.24) is 0 Å². The van der Waals surface area contributed by atoms with Crippen molar-refractivity contribution < 1.29 is 27.4 Å². The van der Waals surface area contributed by atoms with Crippen LogP contribution in [0.4, 0.5) is 11.5 Å². The molecule has 8 nitrogen and oxygen atoms in total. The molecule has 43 heavy (non-hydrogen) atoms. The Balaban J connectivity index is 1.57. The lowest BCUT2D eigenvalue weighted by Crippen LogP contribution is -2.35. The largest absolute Gasteiger partial charge is 0.481 e. The highest BCUT2D eigenvalue weighted by atomic mass is 79.9. The third-order valence-corrected chi connectivity index (χ3v) is 8.88. The smallest absolute Gasteiger partial charge is 0.357 e. The Labute approximate surface area is 265 Å². The van der Waals surface area contributed by atoms with E-state index in [0.29, 0.717) is 12.2 Å². The van der Waals surface area contributed by atoms with Crippen molar-refractivity contribution in [2.45, 2.75) is 84.1 Å². The van der Waals surface area contributed by atoms with Gasteiger partial charge in [-0.05, 0) is 96.0 Å². The molecule has 2 aromatic rings. The number of nitrogens with zero attached hydrogens (tertiary/aromatic N) is 3. The van der Waals surface area contributed by atoms with Gasteiger partial charge in [0.2, 0.25) is 0 Å². The van der Waals surface area contributed by atoms with Gasteiger partial charge in [0.05, 0.1) is 22.0 Å². The molecule has 0 saturated heterocycles. The van der Waals surface area contributed by atoms with Crippen LogP contribution in [0.5, 0.6) is 5.75 Å². The van der Waals surface area contributed by atoms with E-state index in [0.717, 1.165) is 65.3 Å². The Morgan fingerprint density at radius 2 is 1.86 bits per heavy atom. The van der Waals surface area contributed by atoms with E-state index in [1.165, 1.54) is 5.56 Å². The first kappa shape index (κ1) is 32.8. The van der Waals surface area contributed by atoms with Gasteiger partial charge in [0.25, 0.3) is 0 Å². The number of carboxylic acids is 1. The van der Waals surface area contributed by atoms with Crippen LogP contribution in [0.2, 0.25) is 0 Å². The van der Waals surface area contributed by atoms with Gasteiger partial charge < -0.3 is 14.2 Å². The average molecular weight is 672 g/mol. The second-order valence-corrected chi connectivity index (χ2v) is 13.5. The van der Waals surface area contributed by atoms with Gasteiger partial charge in [0, 0.05) is 29.8 Å². The summed E-state index contributed by atoms with van der Waals surface area (Å²) in [5.41, 5.74) is 4.71. The summed E-state index contributed by atoms with van der Waals surface area (Å²) in [7, 11) is 0. The molecule has 1 unspecified atom stereocenters. The number of unbranched alkanes of at least 4 members (excludes halogenated alkanes) is 2. The van der Waals surface area contributed by atoms with Crippen molar-refractivity contribution in [3.63, 3.8) is 0 Å². The van der Waals surface area contributed by atoms with Crippen molar-refractivity contribution in [3.8, 4) is 5.75 Å². The average Bonchev–Trinajstić information content (AvgIpc) is 3.29. The van der Waals surface area contributed by atoms with Gasteiger partial charge in [-0.1, -0.05) is 45.4 Å². The summed E-state index contributed by atoms with van der Waals surface area (Å²) in [6, 6.07) is 7.61. The van der Waals surface area contributed by atoms with E-state index in [1.807, 2.05) is 30.4 Å². The number of rotatable bonds is 13. The summed E-state index contributed by atoms with van der Waals surface area (Å²) in [5.74, 6) is 0.574. The molecule has 1 atom stereocenters. The van der Waals surface area contributed by atoms with Gasteiger partial charge in [0.1, 0.15) is 11.9 Å². The maximum Gasteiger partial charge on any atom is 0.357 e. The Kier molecular flexibility index (Phi) is 10.5. The lowest BCUT2D eigenvalue weighted by atomic mass is 9.82. The topological polar surface area (TPSA) is 103 Å². The third kappa shape index (κ3) is 7.36. The van der Waals surface area contributed by atoms with Gasteiger partial charge >= 0.3 is 23.1 Å². The second kappa shape index (κ2) is 13.7. The Hall–Kier alpha value is -3.08. The number of aryl methyl sites for hydroxylation is 1. The summed E-state index contributed by atoms with van der Waals surface area (Å²) >= 11 is 1.26. The quantitative estimate of drug-likeness (QED) is 0.0992. The van der Waals surface area contributed by atoms with E-state index in [2.05, 4.69) is 84.4 Å². The number of fused-ring (bicyclic) bond motifs is 2. The molecule has 0 aliphatic carbocycles. The fraction of sp³-hybridized carbons (Fsp3) is 0.424. The van der Waals surface area contributed by atoms with Crippen molar-refractivity contribution in [1.29, 1.82) is 0 Å². The molecule has 10 heteroatoms. The Morgan fingerprint density at radius 1 is 1.09 bits per heavy atom. The van der Waals surface area contributed by atoms with Crippen LogP contribution in [0.3, 0.4) is 0 Å². The summed E-state index contributed by atoms with van der Waals surface area (Å²) in [6.45, 7) is 12.5. The number of aliphatic carboxylic acids is 1. The molecule has 1 aromatic carbocycles. The minimum absolute atomic E-state index is 0.169. The third-order valence-electron chi connectivity index (χ3n) is 8.11. The number of pyridine rings is 1. The van der Waals surface area contributed by atoms with Gasteiger partial charge in [-0.25, -0.2) is 4.57 Å². The Morgan fingerprint density at radius 3 is 2.56 bits per heavy atom. The van der Waals surface area contributed by atoms with Crippen LogP contribution in [0, 0.1) is 0 Å². The SMILES string of the molecule is CCC[n+]1cc(Br)cc2c1N=C(/C=C/C=C/C=C1/N(CCCCCC(=O)O)c3ccc(OS(=O)O)cc3C1(C)C)C2(C)C.